The topological polar surface area (TPSA) is 20.3 Å². The highest BCUT2D eigenvalue weighted by Gasteiger charge is 2.09. The summed E-state index contributed by atoms with van der Waals surface area (Å²) < 4.78 is 0. The summed E-state index contributed by atoms with van der Waals surface area (Å²) in [6, 6.07) is 14.7. The molecule has 0 unspecified atom stereocenters. The van der Waals surface area contributed by atoms with Crippen LogP contribution in [0.25, 0.3) is 0 Å². The van der Waals surface area contributed by atoms with Crippen molar-refractivity contribution in [2.45, 2.75) is 47.0 Å². The third-order valence-electron chi connectivity index (χ3n) is 4.57. The highest BCUT2D eigenvalue weighted by molar-refractivity contribution is 5.94. The summed E-state index contributed by atoms with van der Waals surface area (Å²) in [5.41, 5.74) is 6.07. The summed E-state index contributed by atoms with van der Waals surface area (Å²) in [5, 5.41) is 0. The second-order valence-electron chi connectivity index (χ2n) is 6.57. The third kappa shape index (κ3) is 4.70. The maximum Gasteiger partial charge on any atom is 0.159 e. The van der Waals surface area contributed by atoms with Crippen molar-refractivity contribution >= 4 is 11.5 Å². The van der Waals surface area contributed by atoms with Gasteiger partial charge in [-0.15, -0.1) is 0 Å². The molecule has 0 heterocycles. The number of hydrogen-bond donors (Lipinski definition) is 0. The second-order valence-corrected chi connectivity index (χ2v) is 6.57. The number of hydrogen-bond acceptors (Lipinski definition) is 2. The fourth-order valence-corrected chi connectivity index (χ4v) is 3.20. The summed E-state index contributed by atoms with van der Waals surface area (Å²) in [7, 11) is 0. The van der Waals surface area contributed by atoms with Crippen molar-refractivity contribution < 1.29 is 4.79 Å². The molecule has 24 heavy (non-hydrogen) atoms. The number of para-hydroxylation sites is 1. The number of Topliss-reactive ketones (excluding diaryl/α,β-unsaturated/α-hetero) is 1. The predicted molar refractivity (Wildman–Crippen MR) is 103 cm³/mol. The van der Waals surface area contributed by atoms with Crippen LogP contribution in [0.1, 0.15) is 53.7 Å². The Morgan fingerprint density at radius 1 is 1.00 bits per heavy atom. The molecule has 0 N–H and O–H groups in total. The Hall–Kier alpha value is -2.09. The lowest BCUT2D eigenvalue weighted by atomic mass is 9.99. The highest BCUT2D eigenvalue weighted by Crippen LogP contribution is 2.21. The number of rotatable bonds is 8. The van der Waals surface area contributed by atoms with E-state index in [0.29, 0.717) is 0 Å². The van der Waals surface area contributed by atoms with Crippen LogP contribution in [0, 0.1) is 13.8 Å². The number of carbonyl (C=O) groups is 1. The van der Waals surface area contributed by atoms with E-state index < -0.39 is 0 Å². The Labute approximate surface area is 146 Å². The van der Waals surface area contributed by atoms with E-state index in [1.54, 1.807) is 6.92 Å². The number of ketones is 1. The Kier molecular flexibility index (Phi) is 6.60. The van der Waals surface area contributed by atoms with Gasteiger partial charge in [-0.25, -0.2) is 0 Å². The molecule has 2 heteroatoms. The van der Waals surface area contributed by atoms with Crippen LogP contribution in [0.3, 0.4) is 0 Å². The number of benzene rings is 2. The number of nitrogens with zero attached hydrogens (tertiary/aromatic N) is 1. The maximum absolute atomic E-state index is 11.5. The first-order valence-corrected chi connectivity index (χ1v) is 8.94. The van der Waals surface area contributed by atoms with Crippen LogP contribution in [0.15, 0.2) is 42.5 Å². The van der Waals surface area contributed by atoms with Gasteiger partial charge in [0, 0.05) is 24.3 Å². The normalized spacial score (nSPS) is 10.7. The lowest BCUT2D eigenvalue weighted by molar-refractivity contribution is 0.101. The molecule has 0 saturated heterocycles. The summed E-state index contributed by atoms with van der Waals surface area (Å²) in [6.45, 7) is 10.3. The van der Waals surface area contributed by atoms with Gasteiger partial charge < -0.3 is 4.90 Å². The molecule has 2 rings (SSSR count). The fourth-order valence-electron chi connectivity index (χ4n) is 3.20. The molecule has 2 nitrogen and oxygen atoms in total. The molecular weight excluding hydrogens is 294 g/mol. The monoisotopic (exact) mass is 323 g/mol. The van der Waals surface area contributed by atoms with E-state index in [1.807, 2.05) is 12.1 Å². The molecule has 0 saturated carbocycles. The van der Waals surface area contributed by atoms with E-state index in [2.05, 4.69) is 56.0 Å². The van der Waals surface area contributed by atoms with Gasteiger partial charge in [-0.2, -0.15) is 0 Å². The molecule has 0 amide bonds. The lowest BCUT2D eigenvalue weighted by Crippen LogP contribution is -2.26. The zero-order chi connectivity index (χ0) is 17.5. The molecule has 2 aromatic rings. The molecule has 0 aliphatic heterocycles. The van der Waals surface area contributed by atoms with E-state index in [1.165, 1.54) is 22.4 Å². The smallest absolute Gasteiger partial charge is 0.159 e. The summed E-state index contributed by atoms with van der Waals surface area (Å²) in [6.07, 6.45) is 3.32. The minimum absolute atomic E-state index is 0.137. The van der Waals surface area contributed by atoms with Crippen LogP contribution in [0.4, 0.5) is 5.69 Å². The minimum Gasteiger partial charge on any atom is -0.371 e. The van der Waals surface area contributed by atoms with Crippen LogP contribution in [-0.4, -0.2) is 18.9 Å². The number of anilines is 1. The Morgan fingerprint density at radius 3 is 2.38 bits per heavy atom. The number of aryl methyl sites for hydroxylation is 3. The average molecular weight is 323 g/mol. The van der Waals surface area contributed by atoms with Crippen molar-refractivity contribution in [3.8, 4) is 0 Å². The lowest BCUT2D eigenvalue weighted by Gasteiger charge is -2.26. The van der Waals surface area contributed by atoms with Crippen molar-refractivity contribution in [1.82, 2.24) is 0 Å². The van der Waals surface area contributed by atoms with E-state index in [9.17, 15) is 4.79 Å². The van der Waals surface area contributed by atoms with Gasteiger partial charge in [0.05, 0.1) is 0 Å². The minimum atomic E-state index is 0.137. The molecular formula is C22H29NO. The molecule has 0 bridgehead atoms. The molecule has 0 aromatic heterocycles. The van der Waals surface area contributed by atoms with Crippen molar-refractivity contribution in [2.24, 2.45) is 0 Å². The summed E-state index contributed by atoms with van der Waals surface area (Å²) >= 11 is 0. The first kappa shape index (κ1) is 18.3. The van der Waals surface area contributed by atoms with E-state index in [4.69, 9.17) is 0 Å². The highest BCUT2D eigenvalue weighted by atomic mass is 16.1. The van der Waals surface area contributed by atoms with Gasteiger partial charge in [0.2, 0.25) is 0 Å². The largest absolute Gasteiger partial charge is 0.371 e. The molecule has 0 aliphatic carbocycles. The van der Waals surface area contributed by atoms with Crippen molar-refractivity contribution in [1.29, 1.82) is 0 Å². The van der Waals surface area contributed by atoms with Crippen LogP contribution < -0.4 is 4.90 Å². The first-order valence-electron chi connectivity index (χ1n) is 8.94. The third-order valence-corrected chi connectivity index (χ3v) is 4.57. The summed E-state index contributed by atoms with van der Waals surface area (Å²) in [4.78, 5) is 14.0. The molecule has 2 aromatic carbocycles. The standard InChI is InChI=1S/C22H29NO/c1-5-14-23(22-11-7-6-9-17(22)2)15-8-10-20-12-13-21(19(4)24)16-18(20)3/h6-7,9,11-13,16H,5,8,10,14-15H2,1-4H3. The van der Waals surface area contributed by atoms with Gasteiger partial charge in [-0.3, -0.25) is 4.79 Å². The van der Waals surface area contributed by atoms with Crippen molar-refractivity contribution in [3.63, 3.8) is 0 Å². The van der Waals surface area contributed by atoms with Crippen LogP contribution in [-0.2, 0) is 6.42 Å². The second kappa shape index (κ2) is 8.68. The Bertz CT molecular complexity index is 690. The van der Waals surface area contributed by atoms with Gasteiger partial charge in [-0.05, 0) is 68.9 Å². The van der Waals surface area contributed by atoms with Gasteiger partial charge in [0.1, 0.15) is 0 Å². The molecule has 128 valence electrons. The van der Waals surface area contributed by atoms with Gasteiger partial charge in [0.25, 0.3) is 0 Å². The SMILES string of the molecule is CCCN(CCCc1ccc(C(C)=O)cc1C)c1ccccc1C. The molecule has 0 radical (unpaired) electrons. The summed E-state index contributed by atoms with van der Waals surface area (Å²) in [5.74, 6) is 0.137. The predicted octanol–water partition coefficient (Wildman–Crippen LogP) is 5.36. The Balaban J connectivity index is 2.01. The average Bonchev–Trinajstić information content (AvgIpc) is 2.56. The quantitative estimate of drug-likeness (QED) is 0.610. The Morgan fingerprint density at radius 2 is 1.75 bits per heavy atom. The van der Waals surface area contributed by atoms with E-state index in [-0.39, 0.29) is 5.78 Å². The van der Waals surface area contributed by atoms with Crippen LogP contribution in [0.5, 0.6) is 0 Å². The van der Waals surface area contributed by atoms with Gasteiger partial charge in [-0.1, -0.05) is 37.3 Å². The molecule has 0 spiro atoms. The van der Waals surface area contributed by atoms with Gasteiger partial charge in [0.15, 0.2) is 5.78 Å². The maximum atomic E-state index is 11.5. The fraction of sp³-hybridized carbons (Fsp3) is 0.409. The van der Waals surface area contributed by atoms with Crippen LogP contribution in [0.2, 0.25) is 0 Å². The van der Waals surface area contributed by atoms with E-state index >= 15 is 0 Å². The molecule has 0 fully saturated rings. The first-order chi connectivity index (χ1) is 11.5. The zero-order valence-electron chi connectivity index (χ0n) is 15.4. The number of carbonyl (C=O) groups excluding carboxylic acids is 1. The molecule has 0 aliphatic rings. The van der Waals surface area contributed by atoms with Crippen LogP contribution >= 0.6 is 0 Å². The zero-order valence-corrected chi connectivity index (χ0v) is 15.4. The molecule has 0 atom stereocenters. The van der Waals surface area contributed by atoms with E-state index in [0.717, 1.165) is 37.9 Å². The van der Waals surface area contributed by atoms with Crippen molar-refractivity contribution in [3.05, 3.63) is 64.7 Å². The van der Waals surface area contributed by atoms with Gasteiger partial charge >= 0.3 is 0 Å². The van der Waals surface area contributed by atoms with Crippen molar-refractivity contribution in [2.75, 3.05) is 18.0 Å².